The summed E-state index contributed by atoms with van der Waals surface area (Å²) >= 11 is 0. The second-order valence-corrected chi connectivity index (χ2v) is 8.43. The second-order valence-electron chi connectivity index (χ2n) is 8.43. The van der Waals surface area contributed by atoms with Crippen LogP contribution in [0, 0.1) is 11.8 Å². The molecular weight excluding hydrogens is 455 g/mol. The van der Waals surface area contributed by atoms with Crippen molar-refractivity contribution in [2.45, 2.75) is 69.9 Å². The van der Waals surface area contributed by atoms with Crippen LogP contribution in [-0.2, 0) is 9.53 Å². The van der Waals surface area contributed by atoms with Crippen molar-refractivity contribution in [3.05, 3.63) is 0 Å². The van der Waals surface area contributed by atoms with Crippen LogP contribution in [0.2, 0.25) is 0 Å². The molecule has 1 aliphatic heterocycles. The minimum atomic E-state index is 0. The molecule has 0 aromatic carbocycles. The average Bonchev–Trinajstić information content (AvgIpc) is 3.12. The van der Waals surface area contributed by atoms with Crippen LogP contribution in [0.1, 0.15) is 57.8 Å². The van der Waals surface area contributed by atoms with Crippen molar-refractivity contribution in [2.24, 2.45) is 16.8 Å². The van der Waals surface area contributed by atoms with E-state index >= 15 is 0 Å². The molecule has 0 radical (unpaired) electrons. The van der Waals surface area contributed by atoms with Crippen molar-refractivity contribution in [1.82, 2.24) is 15.5 Å². The molecule has 2 N–H and O–H groups in total. The van der Waals surface area contributed by atoms with E-state index in [4.69, 9.17) is 4.74 Å². The SMILES string of the molecule is CN(C)C(=O)CN=C(NCC1CCCCO1)NC1CCC2CCCC2C1.I. The first kappa shape index (κ1) is 22.7. The molecule has 3 aliphatic rings. The summed E-state index contributed by atoms with van der Waals surface area (Å²) in [5.74, 6) is 2.63. The number of fused-ring (bicyclic) bond motifs is 1. The Morgan fingerprint density at radius 2 is 1.89 bits per heavy atom. The van der Waals surface area contributed by atoms with Gasteiger partial charge in [0.05, 0.1) is 6.10 Å². The van der Waals surface area contributed by atoms with E-state index in [0.717, 1.165) is 43.8 Å². The maximum absolute atomic E-state index is 11.9. The fourth-order valence-corrected chi connectivity index (χ4v) is 4.65. The number of guanidine groups is 1. The Morgan fingerprint density at radius 1 is 1.07 bits per heavy atom. The summed E-state index contributed by atoms with van der Waals surface area (Å²) in [7, 11) is 3.55. The number of nitrogens with zero attached hydrogens (tertiary/aromatic N) is 2. The number of carbonyl (C=O) groups excluding carboxylic acids is 1. The first-order valence-electron chi connectivity index (χ1n) is 10.5. The van der Waals surface area contributed by atoms with Gasteiger partial charge in [-0.25, -0.2) is 4.99 Å². The van der Waals surface area contributed by atoms with Crippen LogP contribution in [0.5, 0.6) is 0 Å². The molecule has 1 heterocycles. The number of aliphatic imine (C=N–C) groups is 1. The standard InChI is InChI=1S/C20H36N4O2.HI/c1-24(2)19(25)14-22-20(21-13-18-8-3-4-11-26-18)23-17-10-9-15-6-5-7-16(15)12-17;/h15-18H,3-14H2,1-2H3,(H2,21,22,23);1H. The van der Waals surface area contributed by atoms with Gasteiger partial charge in [-0.05, 0) is 50.4 Å². The summed E-state index contributed by atoms with van der Waals surface area (Å²) in [6, 6.07) is 0.474. The van der Waals surface area contributed by atoms with Gasteiger partial charge in [0.1, 0.15) is 6.54 Å². The van der Waals surface area contributed by atoms with Crippen molar-refractivity contribution < 1.29 is 9.53 Å². The van der Waals surface area contributed by atoms with E-state index in [-0.39, 0.29) is 42.5 Å². The van der Waals surface area contributed by atoms with E-state index < -0.39 is 0 Å². The number of amides is 1. The summed E-state index contributed by atoms with van der Waals surface area (Å²) in [5, 5.41) is 7.05. The molecule has 4 unspecified atom stereocenters. The van der Waals surface area contributed by atoms with Gasteiger partial charge in [0.2, 0.25) is 5.91 Å². The van der Waals surface area contributed by atoms with Gasteiger partial charge < -0.3 is 20.3 Å². The average molecular weight is 492 g/mol. The summed E-state index contributed by atoms with van der Waals surface area (Å²) in [4.78, 5) is 18.1. The van der Waals surface area contributed by atoms with Gasteiger partial charge in [-0.2, -0.15) is 0 Å². The van der Waals surface area contributed by atoms with Gasteiger partial charge in [0.25, 0.3) is 0 Å². The number of hydrogen-bond donors (Lipinski definition) is 2. The molecule has 1 amide bonds. The molecule has 0 spiro atoms. The van der Waals surface area contributed by atoms with Crippen molar-refractivity contribution in [3.63, 3.8) is 0 Å². The lowest BCUT2D eigenvalue weighted by Crippen LogP contribution is -2.48. The quantitative estimate of drug-likeness (QED) is 0.352. The Labute approximate surface area is 181 Å². The van der Waals surface area contributed by atoms with E-state index in [0.29, 0.717) is 6.04 Å². The number of likely N-dealkylation sites (N-methyl/N-ethyl adjacent to an activating group) is 1. The Morgan fingerprint density at radius 3 is 2.63 bits per heavy atom. The van der Waals surface area contributed by atoms with Gasteiger partial charge in [-0.15, -0.1) is 24.0 Å². The summed E-state index contributed by atoms with van der Waals surface area (Å²) in [6.07, 6.45) is 11.8. The monoisotopic (exact) mass is 492 g/mol. The van der Waals surface area contributed by atoms with Crippen molar-refractivity contribution >= 4 is 35.8 Å². The van der Waals surface area contributed by atoms with E-state index in [1.54, 1.807) is 19.0 Å². The minimum Gasteiger partial charge on any atom is -0.376 e. The molecule has 156 valence electrons. The lowest BCUT2D eigenvalue weighted by Gasteiger charge is -2.33. The van der Waals surface area contributed by atoms with E-state index in [1.165, 1.54) is 44.9 Å². The molecule has 4 atom stereocenters. The molecule has 6 nitrogen and oxygen atoms in total. The molecule has 27 heavy (non-hydrogen) atoms. The predicted molar refractivity (Wildman–Crippen MR) is 120 cm³/mol. The Hall–Kier alpha value is -0.570. The molecular formula is C20H37IN4O2. The number of hydrogen-bond acceptors (Lipinski definition) is 3. The maximum atomic E-state index is 11.9. The van der Waals surface area contributed by atoms with Crippen molar-refractivity contribution in [3.8, 4) is 0 Å². The van der Waals surface area contributed by atoms with Crippen LogP contribution in [0.25, 0.3) is 0 Å². The van der Waals surface area contributed by atoms with Crippen molar-refractivity contribution in [2.75, 3.05) is 33.8 Å². The van der Waals surface area contributed by atoms with Crippen LogP contribution >= 0.6 is 24.0 Å². The Bertz CT molecular complexity index is 494. The zero-order chi connectivity index (χ0) is 18.4. The molecule has 3 rings (SSSR count). The summed E-state index contributed by atoms with van der Waals surface area (Å²) in [5.41, 5.74) is 0. The van der Waals surface area contributed by atoms with Crippen LogP contribution in [0.15, 0.2) is 4.99 Å². The third kappa shape index (κ3) is 7.07. The van der Waals surface area contributed by atoms with E-state index in [1.807, 2.05) is 0 Å². The first-order chi connectivity index (χ1) is 12.6. The molecule has 0 bridgehead atoms. The zero-order valence-corrected chi connectivity index (χ0v) is 19.2. The highest BCUT2D eigenvalue weighted by atomic mass is 127. The number of ether oxygens (including phenoxy) is 1. The number of carbonyl (C=O) groups is 1. The van der Waals surface area contributed by atoms with Crippen LogP contribution in [0.4, 0.5) is 0 Å². The zero-order valence-electron chi connectivity index (χ0n) is 16.9. The van der Waals surface area contributed by atoms with E-state index in [9.17, 15) is 4.79 Å². The van der Waals surface area contributed by atoms with Gasteiger partial charge >= 0.3 is 0 Å². The summed E-state index contributed by atoms with van der Waals surface area (Å²) in [6.45, 7) is 1.81. The highest BCUT2D eigenvalue weighted by Gasteiger charge is 2.34. The van der Waals surface area contributed by atoms with Crippen LogP contribution in [0.3, 0.4) is 0 Å². The topological polar surface area (TPSA) is 66.0 Å². The Kier molecular flexibility index (Phi) is 9.62. The third-order valence-corrected chi connectivity index (χ3v) is 6.27. The normalized spacial score (nSPS) is 30.8. The number of halogens is 1. The lowest BCUT2D eigenvalue weighted by atomic mass is 9.79. The first-order valence-corrected chi connectivity index (χ1v) is 10.5. The molecule has 3 fully saturated rings. The number of rotatable bonds is 5. The number of nitrogens with one attached hydrogen (secondary N) is 2. The van der Waals surface area contributed by atoms with Crippen LogP contribution in [-0.4, -0.2) is 62.7 Å². The predicted octanol–water partition coefficient (Wildman–Crippen LogP) is 2.77. The molecule has 0 aromatic rings. The fraction of sp³-hybridized carbons (Fsp3) is 0.900. The maximum Gasteiger partial charge on any atom is 0.243 e. The van der Waals surface area contributed by atoms with Gasteiger partial charge in [-0.1, -0.05) is 19.3 Å². The van der Waals surface area contributed by atoms with Gasteiger partial charge in [-0.3, -0.25) is 4.79 Å². The Balaban J connectivity index is 0.00000261. The van der Waals surface area contributed by atoms with E-state index in [2.05, 4.69) is 15.6 Å². The molecule has 2 aliphatic carbocycles. The summed E-state index contributed by atoms with van der Waals surface area (Å²) < 4.78 is 5.82. The molecule has 0 aromatic heterocycles. The third-order valence-electron chi connectivity index (χ3n) is 6.27. The molecule has 1 saturated heterocycles. The van der Waals surface area contributed by atoms with Gasteiger partial charge in [0.15, 0.2) is 5.96 Å². The lowest BCUT2D eigenvalue weighted by molar-refractivity contribution is -0.127. The minimum absolute atomic E-state index is 0. The van der Waals surface area contributed by atoms with Crippen LogP contribution < -0.4 is 10.6 Å². The largest absolute Gasteiger partial charge is 0.376 e. The van der Waals surface area contributed by atoms with Gasteiger partial charge in [0, 0.05) is 33.3 Å². The molecule has 2 saturated carbocycles. The molecule has 7 heteroatoms. The second kappa shape index (κ2) is 11.4. The highest BCUT2D eigenvalue weighted by molar-refractivity contribution is 14.0. The highest BCUT2D eigenvalue weighted by Crippen LogP contribution is 2.41. The van der Waals surface area contributed by atoms with Crippen molar-refractivity contribution in [1.29, 1.82) is 0 Å². The fourth-order valence-electron chi connectivity index (χ4n) is 4.65. The smallest absolute Gasteiger partial charge is 0.243 e.